The highest BCUT2D eigenvalue weighted by molar-refractivity contribution is 6.30. The van der Waals surface area contributed by atoms with Gasteiger partial charge >= 0.3 is 6.01 Å². The quantitative estimate of drug-likeness (QED) is 0.855. The van der Waals surface area contributed by atoms with Crippen LogP contribution in [0.25, 0.3) is 0 Å². The number of halogens is 2. The van der Waals surface area contributed by atoms with Crippen molar-refractivity contribution in [2.45, 2.75) is 19.2 Å². The third-order valence-corrected chi connectivity index (χ3v) is 2.64. The molecule has 1 atom stereocenters. The molecule has 1 N–H and O–H groups in total. The minimum absolute atomic E-state index is 0.304. The van der Waals surface area contributed by atoms with Crippen molar-refractivity contribution in [3.05, 3.63) is 34.7 Å². The van der Waals surface area contributed by atoms with Crippen molar-refractivity contribution >= 4 is 34.9 Å². The number of anilines is 2. The summed E-state index contributed by atoms with van der Waals surface area (Å²) in [5.74, 6) is 0.383. The molecule has 1 aromatic carbocycles. The molecule has 0 aliphatic rings. The highest BCUT2D eigenvalue weighted by Gasteiger charge is 2.11. The molecular weight excluding hydrogens is 261 g/mol. The summed E-state index contributed by atoms with van der Waals surface area (Å²) in [6.45, 7) is 3.73. The second kappa shape index (κ2) is 4.94. The minimum Gasteiger partial charge on any atom is -0.406 e. The van der Waals surface area contributed by atoms with Crippen LogP contribution in [0.1, 0.15) is 23.8 Å². The van der Waals surface area contributed by atoms with Crippen LogP contribution in [0.5, 0.6) is 0 Å². The molecule has 17 heavy (non-hydrogen) atoms. The Bertz CT molecular complexity index is 525. The van der Waals surface area contributed by atoms with Crippen molar-refractivity contribution in [3.63, 3.8) is 0 Å². The van der Waals surface area contributed by atoms with E-state index in [2.05, 4.69) is 15.5 Å². The summed E-state index contributed by atoms with van der Waals surface area (Å²) >= 11 is 11.7. The molecule has 1 heterocycles. The molecule has 1 unspecified atom stereocenters. The van der Waals surface area contributed by atoms with E-state index < -0.39 is 0 Å². The Labute approximate surface area is 109 Å². The maximum atomic E-state index is 5.91. The molecule has 0 radical (unpaired) electrons. The van der Waals surface area contributed by atoms with Crippen LogP contribution in [0.15, 0.2) is 22.6 Å². The molecule has 0 aliphatic carbocycles. The number of aromatic nitrogens is 2. The van der Waals surface area contributed by atoms with Crippen LogP contribution in [-0.2, 0) is 0 Å². The molecule has 6 heteroatoms. The normalized spacial score (nSPS) is 12.5. The van der Waals surface area contributed by atoms with E-state index in [-0.39, 0.29) is 5.38 Å². The van der Waals surface area contributed by atoms with E-state index in [9.17, 15) is 0 Å². The van der Waals surface area contributed by atoms with Crippen molar-refractivity contribution in [2.24, 2.45) is 0 Å². The van der Waals surface area contributed by atoms with Gasteiger partial charge in [0.15, 0.2) is 0 Å². The highest BCUT2D eigenvalue weighted by atomic mass is 35.5. The number of aryl methyl sites for hydroxylation is 1. The Kier molecular flexibility index (Phi) is 3.54. The molecule has 1 aromatic heterocycles. The summed E-state index contributed by atoms with van der Waals surface area (Å²) in [7, 11) is 0. The van der Waals surface area contributed by atoms with Crippen LogP contribution in [-0.4, -0.2) is 10.2 Å². The third kappa shape index (κ3) is 2.90. The first-order valence-corrected chi connectivity index (χ1v) is 5.88. The first kappa shape index (κ1) is 12.2. The third-order valence-electron chi connectivity index (χ3n) is 2.22. The standard InChI is InChI=1S/C11H11Cl2N3O/c1-6-3-4-8(13)5-9(6)14-11-16-15-10(17-11)7(2)12/h3-5,7H,1-2H3,(H,14,16). The van der Waals surface area contributed by atoms with E-state index in [0.29, 0.717) is 16.9 Å². The van der Waals surface area contributed by atoms with E-state index in [0.717, 1.165) is 11.3 Å². The van der Waals surface area contributed by atoms with Gasteiger partial charge in [0.1, 0.15) is 5.38 Å². The Morgan fingerprint density at radius 2 is 2.12 bits per heavy atom. The number of nitrogens with one attached hydrogen (secondary N) is 1. The van der Waals surface area contributed by atoms with Crippen molar-refractivity contribution in [1.29, 1.82) is 0 Å². The summed E-state index contributed by atoms with van der Waals surface area (Å²) in [5.41, 5.74) is 1.86. The van der Waals surface area contributed by atoms with E-state index >= 15 is 0 Å². The minimum atomic E-state index is -0.307. The zero-order valence-corrected chi connectivity index (χ0v) is 10.9. The van der Waals surface area contributed by atoms with Gasteiger partial charge in [0.25, 0.3) is 0 Å². The van der Waals surface area contributed by atoms with Crippen LogP contribution in [0.4, 0.5) is 11.7 Å². The lowest BCUT2D eigenvalue weighted by atomic mass is 10.2. The predicted molar refractivity (Wildman–Crippen MR) is 68.0 cm³/mol. The zero-order chi connectivity index (χ0) is 12.4. The fourth-order valence-corrected chi connectivity index (χ4v) is 1.55. The van der Waals surface area contributed by atoms with Crippen molar-refractivity contribution in [1.82, 2.24) is 10.2 Å². The van der Waals surface area contributed by atoms with Crippen LogP contribution in [0.2, 0.25) is 5.02 Å². The van der Waals surface area contributed by atoms with E-state index in [1.54, 1.807) is 13.0 Å². The summed E-state index contributed by atoms with van der Waals surface area (Å²) in [6, 6.07) is 5.83. The van der Waals surface area contributed by atoms with Gasteiger partial charge in [-0.15, -0.1) is 16.7 Å². The van der Waals surface area contributed by atoms with Gasteiger partial charge in [-0.3, -0.25) is 0 Å². The maximum absolute atomic E-state index is 5.91. The molecule has 0 spiro atoms. The monoisotopic (exact) mass is 271 g/mol. The SMILES string of the molecule is Cc1ccc(Cl)cc1Nc1nnc(C(C)Cl)o1. The molecule has 0 saturated heterocycles. The number of hydrogen-bond donors (Lipinski definition) is 1. The Hall–Kier alpha value is -1.26. The Balaban J connectivity index is 2.22. The Morgan fingerprint density at radius 3 is 2.76 bits per heavy atom. The number of hydrogen-bond acceptors (Lipinski definition) is 4. The lowest BCUT2D eigenvalue weighted by Gasteiger charge is -2.05. The number of nitrogens with zero attached hydrogens (tertiary/aromatic N) is 2. The Morgan fingerprint density at radius 1 is 1.35 bits per heavy atom. The molecular formula is C11H11Cl2N3O. The molecule has 0 aliphatic heterocycles. The molecule has 4 nitrogen and oxygen atoms in total. The predicted octanol–water partition coefficient (Wildman–Crippen LogP) is 4.07. The lowest BCUT2D eigenvalue weighted by Crippen LogP contribution is -1.93. The summed E-state index contributed by atoms with van der Waals surface area (Å²) in [4.78, 5) is 0. The summed E-state index contributed by atoms with van der Waals surface area (Å²) in [5, 5.41) is 11.0. The first-order valence-electron chi connectivity index (χ1n) is 5.07. The molecule has 0 bridgehead atoms. The first-order chi connectivity index (χ1) is 8.06. The second-order valence-corrected chi connectivity index (χ2v) is 4.74. The highest BCUT2D eigenvalue weighted by Crippen LogP contribution is 2.25. The second-order valence-electron chi connectivity index (χ2n) is 3.65. The van der Waals surface area contributed by atoms with Gasteiger partial charge in [0, 0.05) is 10.7 Å². The van der Waals surface area contributed by atoms with Crippen LogP contribution in [0.3, 0.4) is 0 Å². The van der Waals surface area contributed by atoms with Crippen LogP contribution in [0, 0.1) is 6.92 Å². The van der Waals surface area contributed by atoms with Gasteiger partial charge in [-0.25, -0.2) is 0 Å². The molecule has 0 amide bonds. The van der Waals surface area contributed by atoms with Crippen molar-refractivity contribution < 1.29 is 4.42 Å². The van der Waals surface area contributed by atoms with Gasteiger partial charge in [0.05, 0.1) is 0 Å². The van der Waals surface area contributed by atoms with E-state index in [4.69, 9.17) is 27.6 Å². The smallest absolute Gasteiger partial charge is 0.320 e. The summed E-state index contributed by atoms with van der Waals surface area (Å²) in [6.07, 6.45) is 0. The molecule has 0 fully saturated rings. The largest absolute Gasteiger partial charge is 0.406 e. The molecule has 2 aromatic rings. The number of rotatable bonds is 3. The van der Waals surface area contributed by atoms with Gasteiger partial charge in [0.2, 0.25) is 5.89 Å². The zero-order valence-electron chi connectivity index (χ0n) is 9.37. The van der Waals surface area contributed by atoms with Crippen LogP contribution < -0.4 is 5.32 Å². The van der Waals surface area contributed by atoms with Crippen molar-refractivity contribution in [2.75, 3.05) is 5.32 Å². The van der Waals surface area contributed by atoms with Gasteiger partial charge in [-0.1, -0.05) is 22.8 Å². The number of alkyl halides is 1. The average molecular weight is 272 g/mol. The van der Waals surface area contributed by atoms with E-state index in [1.165, 1.54) is 0 Å². The fourth-order valence-electron chi connectivity index (χ4n) is 1.29. The van der Waals surface area contributed by atoms with Gasteiger partial charge < -0.3 is 9.73 Å². The average Bonchev–Trinajstić information content (AvgIpc) is 2.72. The topological polar surface area (TPSA) is 51.0 Å². The van der Waals surface area contributed by atoms with Gasteiger partial charge in [-0.05, 0) is 31.5 Å². The van der Waals surface area contributed by atoms with Gasteiger partial charge in [-0.2, -0.15) is 0 Å². The van der Waals surface area contributed by atoms with E-state index in [1.807, 2.05) is 19.1 Å². The molecule has 2 rings (SSSR count). The maximum Gasteiger partial charge on any atom is 0.320 e. The van der Waals surface area contributed by atoms with Crippen LogP contribution >= 0.6 is 23.2 Å². The fraction of sp³-hybridized carbons (Fsp3) is 0.273. The molecule has 0 saturated carbocycles. The summed E-state index contributed by atoms with van der Waals surface area (Å²) < 4.78 is 5.34. The lowest BCUT2D eigenvalue weighted by molar-refractivity contribution is 0.510. The van der Waals surface area contributed by atoms with Crippen molar-refractivity contribution in [3.8, 4) is 0 Å². The number of benzene rings is 1. The molecule has 90 valence electrons.